The van der Waals surface area contributed by atoms with Crippen LogP contribution in [0.3, 0.4) is 0 Å². The first-order chi connectivity index (χ1) is 14.3. The first-order valence-electron chi connectivity index (χ1n) is 9.71. The van der Waals surface area contributed by atoms with Gasteiger partial charge in [0.25, 0.3) is 0 Å². The summed E-state index contributed by atoms with van der Waals surface area (Å²) in [5, 5.41) is 4.79. The third-order valence-corrected chi connectivity index (χ3v) is 5.33. The van der Waals surface area contributed by atoms with Gasteiger partial charge in [0, 0.05) is 22.0 Å². The second-order valence-corrected chi connectivity index (χ2v) is 7.81. The lowest BCUT2D eigenvalue weighted by molar-refractivity contribution is -0.120. The van der Waals surface area contributed by atoms with Gasteiger partial charge in [-0.25, -0.2) is 5.43 Å². The number of hydrogen-bond acceptors (Lipinski definition) is 3. The summed E-state index contributed by atoms with van der Waals surface area (Å²) in [5.41, 5.74) is 9.66. The summed E-state index contributed by atoms with van der Waals surface area (Å²) in [6.07, 6.45) is 1.96. The highest BCUT2D eigenvalue weighted by Gasteiger charge is 2.14. The summed E-state index contributed by atoms with van der Waals surface area (Å²) in [6.45, 7) is 8.05. The Hall–Kier alpha value is -3.05. The first-order valence-corrected chi connectivity index (χ1v) is 10.1. The molecule has 0 aliphatic carbocycles. The minimum Gasteiger partial charge on any atom is -0.495 e. The Labute approximate surface area is 182 Å². The summed E-state index contributed by atoms with van der Waals surface area (Å²) < 4.78 is 7.55. The normalized spacial score (nSPS) is 11.1. The zero-order chi connectivity index (χ0) is 21.8. The molecule has 0 spiro atoms. The molecule has 5 nitrogen and oxygen atoms in total. The van der Waals surface area contributed by atoms with E-state index in [-0.39, 0.29) is 5.91 Å². The summed E-state index contributed by atoms with van der Waals surface area (Å²) in [5.74, 6) is 0.579. The van der Waals surface area contributed by atoms with Gasteiger partial charge in [-0.15, -0.1) is 0 Å². The Kier molecular flexibility index (Phi) is 6.63. The number of benzene rings is 2. The van der Waals surface area contributed by atoms with Crippen molar-refractivity contribution >= 4 is 23.7 Å². The van der Waals surface area contributed by atoms with Crippen LogP contribution in [-0.4, -0.2) is 23.8 Å². The molecule has 0 aliphatic rings. The van der Waals surface area contributed by atoms with Crippen molar-refractivity contribution in [2.45, 2.75) is 34.1 Å². The van der Waals surface area contributed by atoms with Crippen LogP contribution in [0.2, 0.25) is 5.02 Å². The fourth-order valence-corrected chi connectivity index (χ4v) is 3.72. The van der Waals surface area contributed by atoms with Crippen LogP contribution < -0.4 is 10.2 Å². The molecule has 1 heterocycles. The monoisotopic (exact) mass is 423 g/mol. The van der Waals surface area contributed by atoms with Gasteiger partial charge in [-0.1, -0.05) is 35.4 Å². The van der Waals surface area contributed by atoms with Crippen LogP contribution in [0.25, 0.3) is 5.69 Å². The van der Waals surface area contributed by atoms with Crippen molar-refractivity contribution < 1.29 is 9.53 Å². The van der Waals surface area contributed by atoms with Crippen LogP contribution in [0, 0.1) is 27.7 Å². The maximum absolute atomic E-state index is 12.3. The third kappa shape index (κ3) is 4.74. The quantitative estimate of drug-likeness (QED) is 0.444. The molecule has 0 bridgehead atoms. The van der Waals surface area contributed by atoms with Gasteiger partial charge in [0.15, 0.2) is 0 Å². The van der Waals surface area contributed by atoms with Crippen LogP contribution in [0.4, 0.5) is 0 Å². The van der Waals surface area contributed by atoms with E-state index in [1.807, 2.05) is 58.0 Å². The van der Waals surface area contributed by atoms with Gasteiger partial charge in [0.1, 0.15) is 5.75 Å². The molecule has 1 amide bonds. The molecular weight excluding hydrogens is 398 g/mol. The largest absolute Gasteiger partial charge is 0.495 e. The van der Waals surface area contributed by atoms with E-state index in [1.54, 1.807) is 19.4 Å². The van der Waals surface area contributed by atoms with Gasteiger partial charge >= 0.3 is 0 Å². The summed E-state index contributed by atoms with van der Waals surface area (Å²) in [4.78, 5) is 12.3. The molecule has 0 unspecified atom stereocenters. The second kappa shape index (κ2) is 9.18. The molecule has 2 aromatic carbocycles. The van der Waals surface area contributed by atoms with Crippen molar-refractivity contribution in [3.63, 3.8) is 0 Å². The smallest absolute Gasteiger partial charge is 0.244 e. The highest BCUT2D eigenvalue weighted by atomic mass is 35.5. The summed E-state index contributed by atoms with van der Waals surface area (Å²) >= 11 is 6.20. The van der Waals surface area contributed by atoms with Crippen LogP contribution in [-0.2, 0) is 11.2 Å². The summed E-state index contributed by atoms with van der Waals surface area (Å²) in [6, 6.07) is 13.6. The van der Waals surface area contributed by atoms with Crippen LogP contribution in [0.5, 0.6) is 5.75 Å². The Morgan fingerprint density at radius 1 is 1.13 bits per heavy atom. The highest BCUT2D eigenvalue weighted by Crippen LogP contribution is 2.30. The van der Waals surface area contributed by atoms with E-state index < -0.39 is 0 Å². The first kappa shape index (κ1) is 21.7. The Balaban J connectivity index is 1.76. The number of amides is 1. The van der Waals surface area contributed by atoms with E-state index in [4.69, 9.17) is 16.3 Å². The number of aromatic nitrogens is 1. The Morgan fingerprint density at radius 2 is 1.90 bits per heavy atom. The lowest BCUT2D eigenvalue weighted by Gasteiger charge is -2.14. The molecule has 0 saturated heterocycles. The minimum atomic E-state index is -0.150. The van der Waals surface area contributed by atoms with Crippen molar-refractivity contribution in [1.29, 1.82) is 0 Å². The van der Waals surface area contributed by atoms with E-state index in [0.29, 0.717) is 11.4 Å². The number of nitrogens with zero attached hydrogens (tertiary/aromatic N) is 2. The number of aryl methyl sites for hydroxylation is 3. The Morgan fingerprint density at radius 3 is 2.60 bits per heavy atom. The van der Waals surface area contributed by atoms with E-state index in [1.165, 1.54) is 5.56 Å². The van der Waals surface area contributed by atoms with Crippen molar-refractivity contribution in [1.82, 2.24) is 9.99 Å². The zero-order valence-corrected chi connectivity index (χ0v) is 18.7. The molecule has 30 heavy (non-hydrogen) atoms. The van der Waals surface area contributed by atoms with Crippen molar-refractivity contribution in [3.05, 3.63) is 81.1 Å². The molecule has 0 atom stereocenters. The van der Waals surface area contributed by atoms with E-state index in [9.17, 15) is 4.79 Å². The lowest BCUT2D eigenvalue weighted by Crippen LogP contribution is -2.20. The average molecular weight is 424 g/mol. The van der Waals surface area contributed by atoms with Crippen molar-refractivity contribution in [3.8, 4) is 11.4 Å². The van der Waals surface area contributed by atoms with E-state index in [2.05, 4.69) is 21.2 Å². The highest BCUT2D eigenvalue weighted by molar-refractivity contribution is 6.30. The maximum Gasteiger partial charge on any atom is 0.244 e. The number of carbonyl (C=O) groups excluding carboxylic acids is 1. The standard InChI is InChI=1S/C24H26ClN3O2/c1-15-6-7-19(16(2)10-15)12-24(29)27-26-14-20-11-17(3)28(18(20)4)22-13-21(25)8-9-23(22)30-5/h6-11,13-14H,12H2,1-5H3,(H,27,29)/b26-14+. The lowest BCUT2D eigenvalue weighted by atomic mass is 10.0. The number of methoxy groups -OCH3 is 1. The fraction of sp³-hybridized carbons (Fsp3) is 0.250. The minimum absolute atomic E-state index is 0.150. The molecule has 3 rings (SSSR count). The molecule has 3 aromatic rings. The fourth-order valence-electron chi connectivity index (χ4n) is 3.56. The van der Waals surface area contributed by atoms with Gasteiger partial charge in [-0.05, 0) is 63.1 Å². The molecule has 1 aromatic heterocycles. The summed E-state index contributed by atoms with van der Waals surface area (Å²) in [7, 11) is 1.63. The van der Waals surface area contributed by atoms with Gasteiger partial charge in [0.2, 0.25) is 5.91 Å². The van der Waals surface area contributed by atoms with Crippen LogP contribution in [0.1, 0.15) is 33.6 Å². The van der Waals surface area contributed by atoms with Crippen molar-refractivity contribution in [2.24, 2.45) is 5.10 Å². The third-order valence-electron chi connectivity index (χ3n) is 5.09. The number of halogens is 1. The average Bonchev–Trinajstić information content (AvgIpc) is 2.97. The number of rotatable bonds is 6. The number of carbonyl (C=O) groups is 1. The number of nitrogens with one attached hydrogen (secondary N) is 1. The number of ether oxygens (including phenoxy) is 1. The molecule has 1 N–H and O–H groups in total. The topological polar surface area (TPSA) is 55.6 Å². The molecular formula is C24H26ClN3O2. The van der Waals surface area contributed by atoms with Gasteiger partial charge in [-0.2, -0.15) is 5.10 Å². The molecule has 0 saturated carbocycles. The molecule has 0 radical (unpaired) electrons. The van der Waals surface area contributed by atoms with Gasteiger partial charge in [-0.3, -0.25) is 4.79 Å². The number of hydrazone groups is 1. The van der Waals surface area contributed by atoms with E-state index >= 15 is 0 Å². The zero-order valence-electron chi connectivity index (χ0n) is 17.9. The number of hydrogen-bond donors (Lipinski definition) is 1. The predicted molar refractivity (Wildman–Crippen MR) is 122 cm³/mol. The molecule has 6 heteroatoms. The van der Waals surface area contributed by atoms with Gasteiger partial charge in [0.05, 0.1) is 25.4 Å². The SMILES string of the molecule is COc1ccc(Cl)cc1-n1c(C)cc(/C=N/NC(=O)Cc2ccc(C)cc2C)c1C. The molecule has 0 aliphatic heterocycles. The molecule has 156 valence electrons. The predicted octanol–water partition coefficient (Wildman–Crippen LogP) is 5.07. The van der Waals surface area contributed by atoms with Crippen molar-refractivity contribution in [2.75, 3.05) is 7.11 Å². The van der Waals surface area contributed by atoms with Crippen LogP contribution >= 0.6 is 11.6 Å². The second-order valence-electron chi connectivity index (χ2n) is 7.38. The molecule has 0 fully saturated rings. The Bertz CT molecular complexity index is 1120. The van der Waals surface area contributed by atoms with Gasteiger partial charge < -0.3 is 9.30 Å². The van der Waals surface area contributed by atoms with Crippen LogP contribution in [0.15, 0.2) is 47.6 Å². The maximum atomic E-state index is 12.3. The van der Waals surface area contributed by atoms with E-state index in [0.717, 1.165) is 39.5 Å².